The van der Waals surface area contributed by atoms with Crippen LogP contribution in [0.3, 0.4) is 0 Å². The van der Waals surface area contributed by atoms with Gasteiger partial charge in [0.1, 0.15) is 11.6 Å². The molecule has 3 rings (SSSR count). The minimum atomic E-state index is -0.648. The SMILES string of the molecule is Cc1c(Cl)cccc1NC(=O)/C(C#N)=C1\C(=O)Nc2ccccc21. The van der Waals surface area contributed by atoms with E-state index in [4.69, 9.17) is 11.6 Å². The topological polar surface area (TPSA) is 82.0 Å². The molecule has 1 aliphatic rings. The first-order chi connectivity index (χ1) is 11.5. The highest BCUT2D eigenvalue weighted by atomic mass is 35.5. The van der Waals surface area contributed by atoms with E-state index in [1.807, 2.05) is 6.07 Å². The Hall–Kier alpha value is -3.10. The van der Waals surface area contributed by atoms with Gasteiger partial charge in [-0.25, -0.2) is 0 Å². The third-order valence-corrected chi connectivity index (χ3v) is 4.19. The van der Waals surface area contributed by atoms with Crippen molar-refractivity contribution in [2.24, 2.45) is 0 Å². The second-order valence-corrected chi connectivity index (χ2v) is 5.64. The number of fused-ring (bicyclic) bond motifs is 1. The molecule has 6 heteroatoms. The van der Waals surface area contributed by atoms with Crippen molar-refractivity contribution in [1.82, 2.24) is 0 Å². The third-order valence-electron chi connectivity index (χ3n) is 3.78. The number of benzene rings is 2. The Kier molecular flexibility index (Phi) is 4.07. The number of nitriles is 1. The van der Waals surface area contributed by atoms with Crippen LogP contribution in [0.5, 0.6) is 0 Å². The minimum Gasteiger partial charge on any atom is -0.321 e. The highest BCUT2D eigenvalue weighted by Gasteiger charge is 2.30. The fraction of sp³-hybridized carbons (Fsp3) is 0.0556. The molecule has 0 unspecified atom stereocenters. The zero-order chi connectivity index (χ0) is 17.3. The van der Waals surface area contributed by atoms with Crippen LogP contribution in [-0.4, -0.2) is 11.8 Å². The van der Waals surface area contributed by atoms with Gasteiger partial charge in [-0.2, -0.15) is 5.26 Å². The highest BCUT2D eigenvalue weighted by molar-refractivity contribution is 6.37. The highest BCUT2D eigenvalue weighted by Crippen LogP contribution is 2.34. The zero-order valence-corrected chi connectivity index (χ0v) is 13.4. The largest absolute Gasteiger partial charge is 0.321 e. The van der Waals surface area contributed by atoms with E-state index in [1.165, 1.54) is 0 Å². The Bertz CT molecular complexity index is 942. The van der Waals surface area contributed by atoms with Gasteiger partial charge in [0.2, 0.25) is 0 Å². The molecule has 0 aromatic heterocycles. The number of halogens is 1. The molecule has 24 heavy (non-hydrogen) atoms. The molecule has 2 aromatic rings. The number of rotatable bonds is 2. The molecule has 2 aromatic carbocycles. The number of nitrogens with one attached hydrogen (secondary N) is 2. The lowest BCUT2D eigenvalue weighted by molar-refractivity contribution is -0.113. The van der Waals surface area contributed by atoms with Crippen LogP contribution < -0.4 is 10.6 Å². The number of amides is 2. The molecule has 0 radical (unpaired) electrons. The number of hydrogen-bond acceptors (Lipinski definition) is 3. The second kappa shape index (κ2) is 6.19. The standard InChI is InChI=1S/C18H12ClN3O2/c1-10-13(19)6-4-8-14(10)21-17(23)12(9-20)16-11-5-2-3-7-15(11)22-18(16)24/h2-8H,1H3,(H,21,23)(H,22,24)/b16-12-. The summed E-state index contributed by atoms with van der Waals surface area (Å²) < 4.78 is 0. The maximum atomic E-state index is 12.5. The third kappa shape index (κ3) is 2.64. The number of hydrogen-bond donors (Lipinski definition) is 2. The maximum Gasteiger partial charge on any atom is 0.267 e. The molecule has 2 N–H and O–H groups in total. The molecule has 0 fully saturated rings. The summed E-state index contributed by atoms with van der Waals surface area (Å²) in [5, 5.41) is 15.2. The summed E-state index contributed by atoms with van der Waals surface area (Å²) >= 11 is 6.04. The summed E-state index contributed by atoms with van der Waals surface area (Å²) in [5.41, 5.74) is 2.13. The molecule has 0 saturated carbocycles. The molecule has 118 valence electrons. The zero-order valence-electron chi connectivity index (χ0n) is 12.7. The van der Waals surface area contributed by atoms with Crippen LogP contribution in [0.4, 0.5) is 11.4 Å². The van der Waals surface area contributed by atoms with E-state index in [9.17, 15) is 14.9 Å². The normalized spacial score (nSPS) is 14.5. The van der Waals surface area contributed by atoms with E-state index >= 15 is 0 Å². The summed E-state index contributed by atoms with van der Waals surface area (Å²) in [6.07, 6.45) is 0. The van der Waals surface area contributed by atoms with Gasteiger partial charge < -0.3 is 10.6 Å². The lowest BCUT2D eigenvalue weighted by Crippen LogP contribution is -2.18. The number of anilines is 2. The van der Waals surface area contributed by atoms with Crippen molar-refractivity contribution in [3.05, 3.63) is 64.2 Å². The van der Waals surface area contributed by atoms with Crippen molar-refractivity contribution in [3.63, 3.8) is 0 Å². The van der Waals surface area contributed by atoms with Crippen molar-refractivity contribution in [2.75, 3.05) is 10.6 Å². The molecule has 0 bridgehead atoms. The van der Waals surface area contributed by atoms with Crippen LogP contribution in [0.25, 0.3) is 5.57 Å². The first-order valence-corrected chi connectivity index (χ1v) is 7.52. The summed E-state index contributed by atoms with van der Waals surface area (Å²) in [7, 11) is 0. The van der Waals surface area contributed by atoms with Gasteiger partial charge in [-0.15, -0.1) is 0 Å². The van der Waals surface area contributed by atoms with E-state index in [-0.39, 0.29) is 11.1 Å². The molecule has 1 heterocycles. The lowest BCUT2D eigenvalue weighted by atomic mass is 10.0. The van der Waals surface area contributed by atoms with Gasteiger partial charge >= 0.3 is 0 Å². The van der Waals surface area contributed by atoms with Gasteiger partial charge in [0.05, 0.1) is 5.57 Å². The number of carbonyl (C=O) groups excluding carboxylic acids is 2. The molecular weight excluding hydrogens is 326 g/mol. The van der Waals surface area contributed by atoms with E-state index in [0.717, 1.165) is 0 Å². The Labute approximate surface area is 143 Å². The molecule has 1 aliphatic heterocycles. The first-order valence-electron chi connectivity index (χ1n) is 7.14. The van der Waals surface area contributed by atoms with Gasteiger partial charge in [0.25, 0.3) is 11.8 Å². The summed E-state index contributed by atoms with van der Waals surface area (Å²) in [5.74, 6) is -1.12. The smallest absolute Gasteiger partial charge is 0.267 e. The Morgan fingerprint density at radius 3 is 2.71 bits per heavy atom. The fourth-order valence-electron chi connectivity index (χ4n) is 2.51. The van der Waals surface area contributed by atoms with E-state index in [1.54, 1.807) is 49.4 Å². The summed E-state index contributed by atoms with van der Waals surface area (Å²) in [4.78, 5) is 24.7. The molecule has 0 spiro atoms. The van der Waals surface area contributed by atoms with Crippen LogP contribution >= 0.6 is 11.6 Å². The van der Waals surface area contributed by atoms with Crippen LogP contribution in [0, 0.1) is 18.3 Å². The number of nitrogens with zero attached hydrogens (tertiary/aromatic N) is 1. The van der Waals surface area contributed by atoms with Crippen LogP contribution in [0.1, 0.15) is 11.1 Å². The fourth-order valence-corrected chi connectivity index (χ4v) is 2.69. The first kappa shape index (κ1) is 15.8. The van der Waals surface area contributed by atoms with Gasteiger partial charge in [-0.05, 0) is 30.7 Å². The van der Waals surface area contributed by atoms with Crippen molar-refractivity contribution in [1.29, 1.82) is 5.26 Å². The number of para-hydroxylation sites is 1. The van der Waals surface area contributed by atoms with Gasteiger partial charge in [-0.1, -0.05) is 35.9 Å². The molecule has 0 saturated heterocycles. The molecule has 5 nitrogen and oxygen atoms in total. The van der Waals surface area contributed by atoms with Crippen LogP contribution in [0.15, 0.2) is 48.0 Å². The Balaban J connectivity index is 2.03. The average molecular weight is 338 g/mol. The quantitative estimate of drug-likeness (QED) is 0.649. The van der Waals surface area contributed by atoms with Crippen molar-refractivity contribution in [2.45, 2.75) is 6.92 Å². The van der Waals surface area contributed by atoms with Crippen molar-refractivity contribution in [3.8, 4) is 6.07 Å². The Morgan fingerprint density at radius 1 is 1.21 bits per heavy atom. The number of carbonyl (C=O) groups is 2. The Morgan fingerprint density at radius 2 is 1.96 bits per heavy atom. The summed E-state index contributed by atoms with van der Waals surface area (Å²) in [6, 6.07) is 13.8. The van der Waals surface area contributed by atoms with E-state index in [0.29, 0.717) is 27.5 Å². The van der Waals surface area contributed by atoms with Crippen molar-refractivity contribution < 1.29 is 9.59 Å². The molecule has 0 atom stereocenters. The van der Waals surface area contributed by atoms with E-state index in [2.05, 4.69) is 10.6 Å². The predicted octanol–water partition coefficient (Wildman–Crippen LogP) is 3.52. The molecule has 0 aliphatic carbocycles. The minimum absolute atomic E-state index is 0.0743. The second-order valence-electron chi connectivity index (χ2n) is 5.23. The molecule has 2 amide bonds. The molecular formula is C18H12ClN3O2. The van der Waals surface area contributed by atoms with Crippen LogP contribution in [0.2, 0.25) is 5.02 Å². The average Bonchev–Trinajstić information content (AvgIpc) is 2.89. The van der Waals surface area contributed by atoms with Gasteiger partial charge in [0.15, 0.2) is 0 Å². The lowest BCUT2D eigenvalue weighted by Gasteiger charge is -2.10. The predicted molar refractivity (Wildman–Crippen MR) is 92.4 cm³/mol. The van der Waals surface area contributed by atoms with E-state index < -0.39 is 11.8 Å². The summed E-state index contributed by atoms with van der Waals surface area (Å²) in [6.45, 7) is 1.76. The van der Waals surface area contributed by atoms with Crippen LogP contribution in [-0.2, 0) is 9.59 Å². The van der Waals surface area contributed by atoms with Gasteiger partial charge in [0, 0.05) is 22.0 Å². The van der Waals surface area contributed by atoms with Crippen molar-refractivity contribution >= 4 is 40.4 Å². The monoisotopic (exact) mass is 337 g/mol. The maximum absolute atomic E-state index is 12.5. The van der Waals surface area contributed by atoms with Gasteiger partial charge in [-0.3, -0.25) is 9.59 Å².